The monoisotopic (exact) mass is 300 g/mol. The average molecular weight is 301 g/mol. The van der Waals surface area contributed by atoms with Gasteiger partial charge >= 0.3 is 6.64 Å². The molecule has 0 aromatic carbocycles. The molecule has 0 radical (unpaired) electrons. The molecule has 8 heteroatoms. The van der Waals surface area contributed by atoms with Crippen LogP contribution in [0.1, 0.15) is 13.8 Å². The first kappa shape index (κ1) is 14.2. The van der Waals surface area contributed by atoms with Crippen molar-refractivity contribution in [1.29, 1.82) is 0 Å². The average Bonchev–Trinajstić information content (AvgIpc) is 2.07. The number of aromatic nitrogens is 1. The van der Waals surface area contributed by atoms with Crippen molar-refractivity contribution in [2.24, 2.45) is 5.50 Å². The fraction of sp³-hybridized carbons (Fsp3) is 0.375. The lowest BCUT2D eigenvalue weighted by Gasteiger charge is -2.20. The Bertz CT molecular complexity index is 430. The predicted octanol–water partition coefficient (Wildman–Crippen LogP) is 3.38. The molecule has 1 rings (SSSR count). The molecule has 0 saturated heterocycles. The number of halogens is 2. The summed E-state index contributed by atoms with van der Waals surface area (Å²) >= 11 is 16.6. The molecule has 0 bridgehead atoms. The standard InChI is InChI=1S/C8H11Cl2N2O2PS/c1-5(2)13-15(11,16)14-8-7(10)3-6(9)4-12-8/h3-5H,1-2H3,(H2,11,16). The molecule has 1 unspecified atom stereocenters. The van der Waals surface area contributed by atoms with Crippen LogP contribution in [0.3, 0.4) is 0 Å². The molecule has 0 fully saturated rings. The third kappa shape index (κ3) is 4.53. The topological polar surface area (TPSA) is 57.4 Å². The molecule has 0 aliphatic heterocycles. The van der Waals surface area contributed by atoms with E-state index >= 15 is 0 Å². The molecule has 0 aliphatic carbocycles. The summed E-state index contributed by atoms with van der Waals surface area (Å²) in [5, 5.41) is 0.659. The van der Waals surface area contributed by atoms with Gasteiger partial charge in [-0.25, -0.2) is 10.5 Å². The smallest absolute Gasteiger partial charge is 0.311 e. The van der Waals surface area contributed by atoms with Crippen molar-refractivity contribution in [3.05, 3.63) is 22.3 Å². The number of hydrogen-bond acceptors (Lipinski definition) is 4. The maximum Gasteiger partial charge on any atom is 0.311 e. The lowest BCUT2D eigenvalue weighted by atomic mass is 10.5. The highest BCUT2D eigenvalue weighted by atomic mass is 35.5. The van der Waals surface area contributed by atoms with E-state index in [0.29, 0.717) is 5.02 Å². The molecule has 2 N–H and O–H groups in total. The van der Waals surface area contributed by atoms with Crippen LogP contribution in [-0.2, 0) is 16.3 Å². The van der Waals surface area contributed by atoms with Crippen molar-refractivity contribution < 1.29 is 9.05 Å². The van der Waals surface area contributed by atoms with Gasteiger partial charge in [-0.05, 0) is 31.7 Å². The van der Waals surface area contributed by atoms with Crippen LogP contribution in [0.25, 0.3) is 0 Å². The van der Waals surface area contributed by atoms with Gasteiger partial charge in [0.05, 0.1) is 11.1 Å². The normalized spacial score (nSPS) is 14.9. The van der Waals surface area contributed by atoms with Gasteiger partial charge in [0.1, 0.15) is 5.02 Å². The summed E-state index contributed by atoms with van der Waals surface area (Å²) in [4.78, 5) is 3.89. The van der Waals surface area contributed by atoms with Crippen LogP contribution in [0.4, 0.5) is 0 Å². The lowest BCUT2D eigenvalue weighted by Crippen LogP contribution is -2.11. The van der Waals surface area contributed by atoms with Crippen LogP contribution in [0.5, 0.6) is 5.88 Å². The number of nitrogens with zero attached hydrogens (tertiary/aromatic N) is 1. The van der Waals surface area contributed by atoms with Crippen molar-refractivity contribution >= 4 is 41.7 Å². The number of rotatable bonds is 4. The molecular weight excluding hydrogens is 290 g/mol. The van der Waals surface area contributed by atoms with E-state index in [2.05, 4.69) is 4.98 Å². The molecule has 1 atom stereocenters. The lowest BCUT2D eigenvalue weighted by molar-refractivity contribution is 0.241. The molecule has 16 heavy (non-hydrogen) atoms. The van der Waals surface area contributed by atoms with Gasteiger partial charge in [0, 0.05) is 6.20 Å². The fourth-order valence-corrected chi connectivity index (χ4v) is 3.12. The summed E-state index contributed by atoms with van der Waals surface area (Å²) in [5.41, 5.74) is 5.71. The van der Waals surface area contributed by atoms with Gasteiger partial charge < -0.3 is 9.05 Å². The molecule has 90 valence electrons. The summed E-state index contributed by atoms with van der Waals surface area (Å²) in [6, 6.07) is 1.50. The second-order valence-corrected chi connectivity index (χ2v) is 7.07. The minimum absolute atomic E-state index is 0.123. The molecule has 1 aromatic heterocycles. The van der Waals surface area contributed by atoms with E-state index in [4.69, 9.17) is 49.6 Å². The van der Waals surface area contributed by atoms with Gasteiger partial charge in [-0.3, -0.25) is 0 Å². The van der Waals surface area contributed by atoms with Crippen LogP contribution in [-0.4, -0.2) is 11.1 Å². The van der Waals surface area contributed by atoms with E-state index in [1.165, 1.54) is 12.3 Å². The minimum Gasteiger partial charge on any atom is -0.413 e. The first-order valence-electron chi connectivity index (χ1n) is 4.38. The highest BCUT2D eigenvalue weighted by Crippen LogP contribution is 2.43. The second kappa shape index (κ2) is 5.63. The van der Waals surface area contributed by atoms with Gasteiger partial charge in [-0.15, -0.1) is 0 Å². The summed E-state index contributed by atoms with van der Waals surface area (Å²) in [6.45, 7) is 0.758. The van der Waals surface area contributed by atoms with E-state index in [1.807, 2.05) is 13.8 Å². The maximum atomic E-state index is 5.86. The third-order valence-electron chi connectivity index (χ3n) is 1.35. The number of nitrogens with two attached hydrogens (primary N) is 1. The van der Waals surface area contributed by atoms with Gasteiger partial charge in [-0.1, -0.05) is 23.2 Å². The van der Waals surface area contributed by atoms with Gasteiger partial charge in [-0.2, -0.15) is 0 Å². The molecule has 1 aromatic rings. The zero-order chi connectivity index (χ0) is 12.3. The van der Waals surface area contributed by atoms with E-state index in [1.54, 1.807) is 0 Å². The Labute approximate surface area is 109 Å². The van der Waals surface area contributed by atoms with Gasteiger partial charge in [0.2, 0.25) is 5.88 Å². The van der Waals surface area contributed by atoms with Crippen LogP contribution >= 0.6 is 29.8 Å². The molecular formula is C8H11Cl2N2O2PS. The van der Waals surface area contributed by atoms with Crippen molar-refractivity contribution in [3.8, 4) is 5.88 Å². The van der Waals surface area contributed by atoms with Crippen LogP contribution < -0.4 is 10.0 Å². The molecule has 0 amide bonds. The Kier molecular flexibility index (Phi) is 4.98. The Hall–Kier alpha value is 0.100. The highest BCUT2D eigenvalue weighted by Gasteiger charge is 2.19. The minimum atomic E-state index is -2.87. The quantitative estimate of drug-likeness (QED) is 0.864. The Balaban J connectivity index is 2.84. The zero-order valence-corrected chi connectivity index (χ0v) is 11.9. The first-order valence-corrected chi connectivity index (χ1v) is 7.84. The molecule has 1 heterocycles. The van der Waals surface area contributed by atoms with Crippen molar-refractivity contribution in [2.75, 3.05) is 0 Å². The summed E-state index contributed by atoms with van der Waals surface area (Å²) < 4.78 is 10.6. The Morgan fingerprint density at radius 2 is 2.12 bits per heavy atom. The van der Waals surface area contributed by atoms with Gasteiger partial charge in [0.25, 0.3) is 0 Å². The number of pyridine rings is 1. The maximum absolute atomic E-state index is 5.86. The van der Waals surface area contributed by atoms with Crippen molar-refractivity contribution in [3.63, 3.8) is 0 Å². The SMILES string of the molecule is CC(C)OP(N)(=S)Oc1ncc(Cl)cc1Cl. The summed E-state index contributed by atoms with van der Waals surface area (Å²) in [5.74, 6) is 0.137. The molecule has 4 nitrogen and oxygen atoms in total. The summed E-state index contributed by atoms with van der Waals surface area (Å²) in [7, 11) is 0. The third-order valence-corrected chi connectivity index (χ3v) is 3.45. The number of hydrogen-bond donors (Lipinski definition) is 1. The molecule has 0 spiro atoms. The predicted molar refractivity (Wildman–Crippen MR) is 69.6 cm³/mol. The van der Waals surface area contributed by atoms with E-state index < -0.39 is 6.64 Å². The van der Waals surface area contributed by atoms with Crippen molar-refractivity contribution in [2.45, 2.75) is 20.0 Å². The Morgan fingerprint density at radius 3 is 2.62 bits per heavy atom. The largest absolute Gasteiger partial charge is 0.413 e. The van der Waals surface area contributed by atoms with E-state index in [9.17, 15) is 0 Å². The van der Waals surface area contributed by atoms with Crippen LogP contribution in [0.15, 0.2) is 12.3 Å². The zero-order valence-electron chi connectivity index (χ0n) is 8.68. The van der Waals surface area contributed by atoms with Gasteiger partial charge in [0.15, 0.2) is 0 Å². The first-order chi connectivity index (χ1) is 7.30. The van der Waals surface area contributed by atoms with E-state index in [0.717, 1.165) is 0 Å². The van der Waals surface area contributed by atoms with Crippen molar-refractivity contribution in [1.82, 2.24) is 4.98 Å². The van der Waals surface area contributed by atoms with Crippen LogP contribution in [0, 0.1) is 0 Å². The van der Waals surface area contributed by atoms with E-state index in [-0.39, 0.29) is 17.0 Å². The second-order valence-electron chi connectivity index (χ2n) is 3.23. The molecule has 0 aliphatic rings. The molecule has 0 saturated carbocycles. The fourth-order valence-electron chi connectivity index (χ4n) is 0.905. The Morgan fingerprint density at radius 1 is 1.50 bits per heavy atom. The van der Waals surface area contributed by atoms with Crippen LogP contribution in [0.2, 0.25) is 10.0 Å². The summed E-state index contributed by atoms with van der Waals surface area (Å²) in [6.07, 6.45) is 1.27. The highest BCUT2D eigenvalue weighted by molar-refractivity contribution is 8.09.